The molecule has 164 valence electrons. The Bertz CT molecular complexity index is 1170. The molecule has 3 aromatic rings. The van der Waals surface area contributed by atoms with Gasteiger partial charge in [0.2, 0.25) is 0 Å². The summed E-state index contributed by atoms with van der Waals surface area (Å²) in [6.45, 7) is 4.52. The van der Waals surface area contributed by atoms with E-state index in [1.54, 1.807) is 53.8 Å². The fraction of sp³-hybridized carbons (Fsp3) is 0.250. The van der Waals surface area contributed by atoms with Crippen LogP contribution in [0.4, 0.5) is 0 Å². The lowest BCUT2D eigenvalue weighted by Crippen LogP contribution is -2.29. The zero-order valence-electron chi connectivity index (χ0n) is 18.0. The van der Waals surface area contributed by atoms with E-state index in [1.807, 2.05) is 5.38 Å². The zero-order valence-corrected chi connectivity index (χ0v) is 18.9. The molecule has 1 aromatic heterocycles. The number of thiazole rings is 1. The van der Waals surface area contributed by atoms with Crippen molar-refractivity contribution < 1.29 is 19.1 Å². The number of rotatable bonds is 7. The van der Waals surface area contributed by atoms with E-state index < -0.39 is 0 Å². The highest BCUT2D eigenvalue weighted by molar-refractivity contribution is 7.09. The Morgan fingerprint density at radius 3 is 2.41 bits per heavy atom. The molecule has 4 rings (SSSR count). The zero-order chi connectivity index (χ0) is 22.8. The van der Waals surface area contributed by atoms with Gasteiger partial charge in [0.25, 0.3) is 17.7 Å². The van der Waals surface area contributed by atoms with Gasteiger partial charge < -0.3 is 10.1 Å². The molecule has 2 aromatic carbocycles. The van der Waals surface area contributed by atoms with E-state index in [9.17, 15) is 14.4 Å². The fourth-order valence-corrected chi connectivity index (χ4v) is 4.37. The number of imide groups is 1. The second kappa shape index (κ2) is 8.92. The summed E-state index contributed by atoms with van der Waals surface area (Å²) in [7, 11) is 1.49. The first-order valence-electron chi connectivity index (χ1n) is 10.2. The van der Waals surface area contributed by atoms with Gasteiger partial charge >= 0.3 is 0 Å². The number of carbonyl (C=O) groups is 3. The summed E-state index contributed by atoms with van der Waals surface area (Å²) in [6, 6.07) is 11.8. The number of fused-ring (bicyclic) bond motifs is 1. The Labute approximate surface area is 190 Å². The molecule has 8 heteroatoms. The third-order valence-electron chi connectivity index (χ3n) is 5.22. The monoisotopic (exact) mass is 449 g/mol. The quantitative estimate of drug-likeness (QED) is 0.551. The molecule has 0 saturated heterocycles. The summed E-state index contributed by atoms with van der Waals surface area (Å²) >= 11 is 1.57. The van der Waals surface area contributed by atoms with Crippen molar-refractivity contribution in [1.82, 2.24) is 15.2 Å². The van der Waals surface area contributed by atoms with Crippen molar-refractivity contribution in [2.45, 2.75) is 32.9 Å². The van der Waals surface area contributed by atoms with Crippen LogP contribution in [0.5, 0.6) is 5.75 Å². The number of benzene rings is 2. The van der Waals surface area contributed by atoms with Gasteiger partial charge in [-0.15, -0.1) is 11.3 Å². The highest BCUT2D eigenvalue weighted by Crippen LogP contribution is 2.26. The summed E-state index contributed by atoms with van der Waals surface area (Å²) in [6.07, 6.45) is 0. The second-order valence-corrected chi connectivity index (χ2v) is 8.68. The predicted octanol–water partition coefficient (Wildman–Crippen LogP) is 4.00. The van der Waals surface area contributed by atoms with Crippen molar-refractivity contribution in [2.24, 2.45) is 0 Å². The average molecular weight is 450 g/mol. The van der Waals surface area contributed by atoms with Crippen molar-refractivity contribution in [3.63, 3.8) is 0 Å². The van der Waals surface area contributed by atoms with Gasteiger partial charge in [-0.2, -0.15) is 0 Å². The van der Waals surface area contributed by atoms with Crippen molar-refractivity contribution in [1.29, 1.82) is 0 Å². The number of methoxy groups -OCH3 is 1. The maximum atomic E-state index is 12.9. The number of amides is 3. The molecular weight excluding hydrogens is 426 g/mol. The van der Waals surface area contributed by atoms with E-state index in [0.29, 0.717) is 40.5 Å². The smallest absolute Gasteiger partial charge is 0.261 e. The maximum absolute atomic E-state index is 12.9. The first-order valence-corrected chi connectivity index (χ1v) is 11.1. The van der Waals surface area contributed by atoms with Gasteiger partial charge in [-0.25, -0.2) is 4.98 Å². The first-order chi connectivity index (χ1) is 15.4. The molecule has 2 heterocycles. The Morgan fingerprint density at radius 2 is 1.81 bits per heavy atom. The number of aromatic nitrogens is 1. The standard InChI is InChI=1S/C24H23N3O4S/c1-14(2)22-26-16(13-32-22)11-25-21(28)19-10-15(8-9-20(19)31-3)12-27-23(29)17-6-4-5-7-18(17)24(27)30/h4-10,13-14H,11-12H2,1-3H3,(H,25,28). The molecule has 1 N–H and O–H groups in total. The third kappa shape index (κ3) is 4.13. The number of nitrogens with zero attached hydrogens (tertiary/aromatic N) is 2. The summed E-state index contributed by atoms with van der Waals surface area (Å²) < 4.78 is 5.35. The van der Waals surface area contributed by atoms with E-state index >= 15 is 0 Å². The highest BCUT2D eigenvalue weighted by atomic mass is 32.1. The summed E-state index contributed by atoms with van der Waals surface area (Å²) in [4.78, 5) is 43.9. The third-order valence-corrected chi connectivity index (χ3v) is 6.41. The predicted molar refractivity (Wildman–Crippen MR) is 121 cm³/mol. The van der Waals surface area contributed by atoms with Gasteiger partial charge in [-0.1, -0.05) is 32.0 Å². The molecule has 7 nitrogen and oxygen atoms in total. The van der Waals surface area contributed by atoms with Crippen LogP contribution in [0.1, 0.15) is 67.1 Å². The number of ether oxygens (including phenoxy) is 1. The lowest BCUT2D eigenvalue weighted by molar-refractivity contribution is 0.0642. The van der Waals surface area contributed by atoms with Gasteiger partial charge in [0.15, 0.2) is 0 Å². The molecule has 3 amide bonds. The molecule has 0 radical (unpaired) electrons. The lowest BCUT2D eigenvalue weighted by Gasteiger charge is -2.16. The molecular formula is C24H23N3O4S. The second-order valence-electron chi connectivity index (χ2n) is 7.79. The molecule has 0 bridgehead atoms. The lowest BCUT2D eigenvalue weighted by atomic mass is 10.1. The fourth-order valence-electron chi connectivity index (χ4n) is 3.53. The molecule has 0 atom stereocenters. The minimum Gasteiger partial charge on any atom is -0.496 e. The van der Waals surface area contributed by atoms with Crippen molar-refractivity contribution in [3.8, 4) is 5.75 Å². The molecule has 0 fully saturated rings. The van der Waals surface area contributed by atoms with E-state index in [1.165, 1.54) is 12.0 Å². The number of carbonyl (C=O) groups excluding carboxylic acids is 3. The van der Waals surface area contributed by atoms with Crippen LogP contribution in [-0.4, -0.2) is 34.7 Å². The van der Waals surface area contributed by atoms with E-state index in [-0.39, 0.29) is 24.3 Å². The van der Waals surface area contributed by atoms with Crippen LogP contribution in [0.15, 0.2) is 47.8 Å². The van der Waals surface area contributed by atoms with Gasteiger partial charge in [-0.3, -0.25) is 19.3 Å². The Kier molecular flexibility index (Phi) is 6.05. The summed E-state index contributed by atoms with van der Waals surface area (Å²) in [5.74, 6) is -0.239. The van der Waals surface area contributed by atoms with Crippen LogP contribution < -0.4 is 10.1 Å². The molecule has 32 heavy (non-hydrogen) atoms. The molecule has 0 aliphatic carbocycles. The minimum absolute atomic E-state index is 0.0699. The van der Waals surface area contributed by atoms with E-state index in [0.717, 1.165) is 10.7 Å². The summed E-state index contributed by atoms with van der Waals surface area (Å²) in [5, 5.41) is 5.83. The van der Waals surface area contributed by atoms with E-state index in [4.69, 9.17) is 4.74 Å². The molecule has 0 saturated carbocycles. The van der Waals surface area contributed by atoms with Gasteiger partial charge in [0.1, 0.15) is 5.75 Å². The number of nitrogens with one attached hydrogen (secondary N) is 1. The maximum Gasteiger partial charge on any atom is 0.261 e. The highest BCUT2D eigenvalue weighted by Gasteiger charge is 2.35. The van der Waals surface area contributed by atoms with E-state index in [2.05, 4.69) is 24.1 Å². The first kappa shape index (κ1) is 21.7. The van der Waals surface area contributed by atoms with Gasteiger partial charge in [-0.05, 0) is 29.8 Å². The van der Waals surface area contributed by atoms with Crippen LogP contribution in [0.2, 0.25) is 0 Å². The van der Waals surface area contributed by atoms with Gasteiger partial charge in [0.05, 0.1) is 47.6 Å². The summed E-state index contributed by atoms with van der Waals surface area (Å²) in [5.41, 5.74) is 2.58. The van der Waals surface area contributed by atoms with Crippen LogP contribution in [0.25, 0.3) is 0 Å². The van der Waals surface area contributed by atoms with Crippen LogP contribution >= 0.6 is 11.3 Å². The van der Waals surface area contributed by atoms with Crippen LogP contribution in [-0.2, 0) is 13.1 Å². The SMILES string of the molecule is COc1ccc(CN2C(=O)c3ccccc3C2=O)cc1C(=O)NCc1csc(C(C)C)n1. The Balaban J connectivity index is 1.50. The molecule has 1 aliphatic heterocycles. The minimum atomic E-state index is -0.336. The topological polar surface area (TPSA) is 88.6 Å². The van der Waals surface area contributed by atoms with Crippen molar-refractivity contribution in [2.75, 3.05) is 7.11 Å². The molecule has 0 unspecified atom stereocenters. The number of hydrogen-bond donors (Lipinski definition) is 1. The van der Waals surface area contributed by atoms with Crippen LogP contribution in [0, 0.1) is 0 Å². The van der Waals surface area contributed by atoms with Crippen LogP contribution in [0.3, 0.4) is 0 Å². The van der Waals surface area contributed by atoms with Crippen molar-refractivity contribution in [3.05, 3.63) is 80.8 Å². The Morgan fingerprint density at radius 1 is 1.12 bits per heavy atom. The molecule has 1 aliphatic rings. The largest absolute Gasteiger partial charge is 0.496 e. The van der Waals surface area contributed by atoms with Gasteiger partial charge in [0, 0.05) is 11.3 Å². The number of hydrogen-bond acceptors (Lipinski definition) is 6. The van der Waals surface area contributed by atoms with Crippen molar-refractivity contribution >= 4 is 29.1 Å². The average Bonchev–Trinajstić information content (AvgIpc) is 3.37. The Hall–Kier alpha value is -3.52. The normalized spacial score (nSPS) is 12.9. The molecule has 0 spiro atoms.